The summed E-state index contributed by atoms with van der Waals surface area (Å²) in [5, 5.41) is 6.14. The van der Waals surface area contributed by atoms with Crippen LogP contribution in [0.3, 0.4) is 0 Å². The van der Waals surface area contributed by atoms with Crippen LogP contribution in [0.4, 0.5) is 10.1 Å². The van der Waals surface area contributed by atoms with Crippen molar-refractivity contribution in [3.63, 3.8) is 0 Å². The van der Waals surface area contributed by atoms with Crippen LogP contribution >= 0.6 is 24.8 Å². The number of nitrogens with zero attached hydrogens (tertiary/aromatic N) is 2. The van der Waals surface area contributed by atoms with Gasteiger partial charge in [0.25, 0.3) is 0 Å². The van der Waals surface area contributed by atoms with Gasteiger partial charge in [-0.05, 0) is 43.7 Å². The van der Waals surface area contributed by atoms with Gasteiger partial charge >= 0.3 is 0 Å². The van der Waals surface area contributed by atoms with Crippen LogP contribution in [-0.2, 0) is 9.59 Å². The summed E-state index contributed by atoms with van der Waals surface area (Å²) < 4.78 is 13.0. The van der Waals surface area contributed by atoms with Crippen LogP contribution in [-0.4, -0.2) is 62.0 Å². The van der Waals surface area contributed by atoms with E-state index >= 15 is 0 Å². The van der Waals surface area contributed by atoms with E-state index in [4.69, 9.17) is 0 Å². The lowest BCUT2D eigenvalue weighted by Crippen LogP contribution is -2.49. The van der Waals surface area contributed by atoms with Gasteiger partial charge in [0.2, 0.25) is 11.8 Å². The van der Waals surface area contributed by atoms with Gasteiger partial charge < -0.3 is 20.4 Å². The Labute approximate surface area is 178 Å². The smallest absolute Gasteiger partial charge is 0.224 e. The first-order valence-corrected chi connectivity index (χ1v) is 9.40. The van der Waals surface area contributed by atoms with E-state index in [1.165, 1.54) is 12.1 Å². The van der Waals surface area contributed by atoms with E-state index in [0.29, 0.717) is 32.5 Å². The van der Waals surface area contributed by atoms with Crippen LogP contribution < -0.4 is 15.5 Å². The molecule has 2 aliphatic rings. The van der Waals surface area contributed by atoms with E-state index in [0.717, 1.165) is 38.2 Å². The average Bonchev–Trinajstić information content (AvgIpc) is 3.15. The largest absolute Gasteiger partial charge is 0.368 e. The second-order valence-corrected chi connectivity index (χ2v) is 6.94. The van der Waals surface area contributed by atoms with Crippen molar-refractivity contribution in [2.45, 2.75) is 31.7 Å². The number of carbonyl (C=O) groups excluding carboxylic acids is 2. The quantitative estimate of drug-likeness (QED) is 0.718. The van der Waals surface area contributed by atoms with Gasteiger partial charge in [-0.25, -0.2) is 4.39 Å². The molecule has 1 atom stereocenters. The number of hydrogen-bond donors (Lipinski definition) is 2. The Kier molecular flexibility index (Phi) is 10.6. The van der Waals surface area contributed by atoms with Crippen LogP contribution in [0.1, 0.15) is 25.7 Å². The molecule has 158 valence electrons. The van der Waals surface area contributed by atoms with Gasteiger partial charge in [-0.15, -0.1) is 24.8 Å². The summed E-state index contributed by atoms with van der Waals surface area (Å²) in [4.78, 5) is 28.2. The molecule has 0 aromatic heterocycles. The highest BCUT2D eigenvalue weighted by molar-refractivity contribution is 5.85. The lowest BCUT2D eigenvalue weighted by atomic mass is 10.1. The summed E-state index contributed by atoms with van der Waals surface area (Å²) in [6.07, 6.45) is 3.00. The third-order valence-electron chi connectivity index (χ3n) is 5.08. The highest BCUT2D eigenvalue weighted by Crippen LogP contribution is 2.17. The highest BCUT2D eigenvalue weighted by atomic mass is 35.5. The van der Waals surface area contributed by atoms with Crippen molar-refractivity contribution < 1.29 is 14.0 Å². The van der Waals surface area contributed by atoms with Gasteiger partial charge in [0.05, 0.1) is 0 Å². The molecule has 2 aliphatic heterocycles. The molecule has 2 amide bonds. The van der Waals surface area contributed by atoms with Crippen molar-refractivity contribution in [1.82, 2.24) is 15.5 Å². The molecule has 0 saturated carbocycles. The molecule has 1 aromatic rings. The van der Waals surface area contributed by atoms with Crippen molar-refractivity contribution in [3.05, 3.63) is 30.1 Å². The standard InChI is InChI=1S/C19H27FN4O2.2ClH/c20-15-3-5-17(6-4-15)23-10-12-24(13-11-23)19(26)7-9-22-18(25)14-16-2-1-8-21-16;;/h3-6,16,21H,1-2,7-14H2,(H,22,25);2*1H. The summed E-state index contributed by atoms with van der Waals surface area (Å²) in [5.41, 5.74) is 0.978. The number of carbonyl (C=O) groups is 2. The second-order valence-electron chi connectivity index (χ2n) is 6.94. The van der Waals surface area contributed by atoms with Crippen LogP contribution in [0.2, 0.25) is 0 Å². The minimum Gasteiger partial charge on any atom is -0.368 e. The first-order chi connectivity index (χ1) is 12.6. The summed E-state index contributed by atoms with van der Waals surface area (Å²) >= 11 is 0. The fourth-order valence-electron chi connectivity index (χ4n) is 3.56. The first kappa shape index (κ1) is 24.5. The van der Waals surface area contributed by atoms with Gasteiger partial charge in [-0.1, -0.05) is 0 Å². The first-order valence-electron chi connectivity index (χ1n) is 9.40. The molecule has 0 radical (unpaired) electrons. The third kappa shape index (κ3) is 7.11. The maximum absolute atomic E-state index is 13.0. The topological polar surface area (TPSA) is 64.7 Å². The van der Waals surface area contributed by atoms with Crippen molar-refractivity contribution >= 4 is 42.3 Å². The third-order valence-corrected chi connectivity index (χ3v) is 5.08. The predicted molar refractivity (Wildman–Crippen MR) is 113 cm³/mol. The Morgan fingerprint density at radius 3 is 2.39 bits per heavy atom. The van der Waals surface area contributed by atoms with E-state index in [1.807, 2.05) is 4.90 Å². The number of piperazine rings is 1. The Bertz CT molecular complexity index is 619. The van der Waals surface area contributed by atoms with E-state index in [9.17, 15) is 14.0 Å². The van der Waals surface area contributed by atoms with Gasteiger partial charge in [-0.3, -0.25) is 9.59 Å². The molecule has 2 N–H and O–H groups in total. The molecule has 1 unspecified atom stereocenters. The van der Waals surface area contributed by atoms with Gasteiger partial charge in [0.1, 0.15) is 5.82 Å². The van der Waals surface area contributed by atoms with Crippen LogP contribution in [0.15, 0.2) is 24.3 Å². The molecule has 2 heterocycles. The molecular weight excluding hydrogens is 406 g/mol. The Morgan fingerprint density at radius 2 is 1.79 bits per heavy atom. The molecule has 0 spiro atoms. The molecule has 9 heteroatoms. The van der Waals surface area contributed by atoms with Crippen molar-refractivity contribution in [1.29, 1.82) is 0 Å². The molecule has 28 heavy (non-hydrogen) atoms. The zero-order chi connectivity index (χ0) is 18.4. The molecule has 6 nitrogen and oxygen atoms in total. The van der Waals surface area contributed by atoms with Crippen molar-refractivity contribution in [2.24, 2.45) is 0 Å². The van der Waals surface area contributed by atoms with Crippen LogP contribution in [0.25, 0.3) is 0 Å². The number of benzene rings is 1. The molecule has 0 aliphatic carbocycles. The second kappa shape index (κ2) is 12.1. The van der Waals surface area contributed by atoms with E-state index < -0.39 is 0 Å². The predicted octanol–water partition coefficient (Wildman–Crippen LogP) is 1.97. The lowest BCUT2D eigenvalue weighted by Gasteiger charge is -2.36. The van der Waals surface area contributed by atoms with E-state index in [2.05, 4.69) is 15.5 Å². The van der Waals surface area contributed by atoms with Crippen molar-refractivity contribution in [3.8, 4) is 0 Å². The SMILES string of the molecule is Cl.Cl.O=C(CC1CCCN1)NCCC(=O)N1CCN(c2ccc(F)cc2)CC1. The van der Waals surface area contributed by atoms with Crippen molar-refractivity contribution in [2.75, 3.05) is 44.2 Å². The summed E-state index contributed by atoms with van der Waals surface area (Å²) in [7, 11) is 0. The molecule has 3 rings (SSSR count). The Morgan fingerprint density at radius 1 is 1.11 bits per heavy atom. The molecule has 2 saturated heterocycles. The Balaban J connectivity index is 0.00000196. The van der Waals surface area contributed by atoms with Gasteiger partial charge in [0.15, 0.2) is 0 Å². The summed E-state index contributed by atoms with van der Waals surface area (Å²) in [6.45, 7) is 4.14. The lowest BCUT2D eigenvalue weighted by molar-refractivity contribution is -0.131. The number of rotatable bonds is 6. The fraction of sp³-hybridized carbons (Fsp3) is 0.579. The maximum atomic E-state index is 13.0. The minimum absolute atomic E-state index is 0. The highest BCUT2D eigenvalue weighted by Gasteiger charge is 2.22. The summed E-state index contributed by atoms with van der Waals surface area (Å²) in [6, 6.07) is 6.72. The zero-order valence-corrected chi connectivity index (χ0v) is 17.5. The number of nitrogens with one attached hydrogen (secondary N) is 2. The normalized spacial score (nSPS) is 18.8. The number of hydrogen-bond acceptors (Lipinski definition) is 4. The molecule has 2 fully saturated rings. The molecule has 1 aromatic carbocycles. The van der Waals surface area contributed by atoms with E-state index in [-0.39, 0.29) is 48.5 Å². The fourth-order valence-corrected chi connectivity index (χ4v) is 3.56. The Hall–Kier alpha value is -1.57. The number of halogens is 3. The summed E-state index contributed by atoms with van der Waals surface area (Å²) in [5.74, 6) is -0.158. The minimum atomic E-state index is -0.242. The molecular formula is C19H29Cl2FN4O2. The van der Waals surface area contributed by atoms with Gasteiger partial charge in [0, 0.05) is 57.3 Å². The molecule has 0 bridgehead atoms. The number of amides is 2. The number of anilines is 1. The zero-order valence-electron chi connectivity index (χ0n) is 15.9. The monoisotopic (exact) mass is 434 g/mol. The van der Waals surface area contributed by atoms with Crippen LogP contribution in [0, 0.1) is 5.82 Å². The van der Waals surface area contributed by atoms with E-state index in [1.54, 1.807) is 12.1 Å². The average molecular weight is 435 g/mol. The van der Waals surface area contributed by atoms with Gasteiger partial charge in [-0.2, -0.15) is 0 Å². The van der Waals surface area contributed by atoms with Crippen LogP contribution in [0.5, 0.6) is 0 Å². The maximum Gasteiger partial charge on any atom is 0.224 e.